The van der Waals surface area contributed by atoms with E-state index in [0.29, 0.717) is 32.5 Å². The topological polar surface area (TPSA) is 49.4 Å². The maximum atomic E-state index is 13.5. The van der Waals surface area contributed by atoms with Crippen molar-refractivity contribution in [1.29, 1.82) is 0 Å². The van der Waals surface area contributed by atoms with Gasteiger partial charge >= 0.3 is 0 Å². The lowest BCUT2D eigenvalue weighted by Gasteiger charge is -2.41. The third kappa shape index (κ3) is 4.26. The van der Waals surface area contributed by atoms with Gasteiger partial charge in [0.2, 0.25) is 11.8 Å². The van der Waals surface area contributed by atoms with E-state index in [-0.39, 0.29) is 11.8 Å². The van der Waals surface area contributed by atoms with Crippen LogP contribution in [-0.2, 0) is 21.5 Å². The van der Waals surface area contributed by atoms with Crippen molar-refractivity contribution in [2.24, 2.45) is 0 Å². The molecule has 1 aliphatic rings. The monoisotopic (exact) mass is 390 g/mol. The highest BCUT2D eigenvalue weighted by Gasteiger charge is 2.43. The number of nitrogens with one attached hydrogen (secondary N) is 1. The molecular formula is C25H30N2O2. The van der Waals surface area contributed by atoms with Crippen molar-refractivity contribution >= 4 is 11.8 Å². The summed E-state index contributed by atoms with van der Waals surface area (Å²) in [6, 6.07) is 14.3. The number of likely N-dealkylation sites (tertiary alicyclic amines) is 1. The van der Waals surface area contributed by atoms with Crippen molar-refractivity contribution in [2.75, 3.05) is 13.1 Å². The first-order valence-corrected chi connectivity index (χ1v) is 10.2. The van der Waals surface area contributed by atoms with Gasteiger partial charge in [-0.3, -0.25) is 9.59 Å². The first-order valence-electron chi connectivity index (χ1n) is 10.2. The minimum atomic E-state index is -0.619. The zero-order chi connectivity index (χ0) is 21.0. The van der Waals surface area contributed by atoms with Gasteiger partial charge in [-0.2, -0.15) is 0 Å². The van der Waals surface area contributed by atoms with E-state index in [1.807, 2.05) is 30.3 Å². The average molecular weight is 391 g/mol. The molecule has 4 heteroatoms. The van der Waals surface area contributed by atoms with Gasteiger partial charge in [-0.25, -0.2) is 0 Å². The molecule has 2 aromatic carbocycles. The van der Waals surface area contributed by atoms with Gasteiger partial charge in [0.15, 0.2) is 0 Å². The Morgan fingerprint density at radius 1 is 1.07 bits per heavy atom. The van der Waals surface area contributed by atoms with Crippen LogP contribution < -0.4 is 5.32 Å². The van der Waals surface area contributed by atoms with E-state index in [1.54, 1.807) is 4.90 Å². The highest BCUT2D eigenvalue weighted by Crippen LogP contribution is 2.36. The van der Waals surface area contributed by atoms with Crippen LogP contribution in [0.25, 0.3) is 0 Å². The fourth-order valence-corrected chi connectivity index (χ4v) is 4.47. The van der Waals surface area contributed by atoms with Gasteiger partial charge in [0, 0.05) is 19.6 Å². The van der Waals surface area contributed by atoms with Gasteiger partial charge in [0.1, 0.15) is 0 Å². The second-order valence-corrected chi connectivity index (χ2v) is 8.04. The van der Waals surface area contributed by atoms with E-state index in [2.05, 4.69) is 44.8 Å². The zero-order valence-corrected chi connectivity index (χ0v) is 17.6. The van der Waals surface area contributed by atoms with E-state index >= 15 is 0 Å². The van der Waals surface area contributed by atoms with E-state index in [1.165, 1.54) is 28.3 Å². The number of benzene rings is 2. The fraction of sp³-hybridized carbons (Fsp3) is 0.360. The van der Waals surface area contributed by atoms with Crippen molar-refractivity contribution in [1.82, 2.24) is 10.2 Å². The maximum Gasteiger partial charge on any atom is 0.245 e. The molecule has 4 nitrogen and oxygen atoms in total. The predicted molar refractivity (Wildman–Crippen MR) is 117 cm³/mol. The molecule has 0 bridgehead atoms. The molecule has 2 amide bonds. The minimum Gasteiger partial charge on any atom is -0.351 e. The fourth-order valence-electron chi connectivity index (χ4n) is 4.47. The summed E-state index contributed by atoms with van der Waals surface area (Å²) < 4.78 is 0. The van der Waals surface area contributed by atoms with Gasteiger partial charge in [-0.05, 0) is 61.9 Å². The van der Waals surface area contributed by atoms with Crippen LogP contribution in [0, 0.1) is 20.8 Å². The van der Waals surface area contributed by atoms with Gasteiger partial charge in [-0.15, -0.1) is 0 Å². The molecule has 1 N–H and O–H groups in total. The van der Waals surface area contributed by atoms with Gasteiger partial charge < -0.3 is 10.2 Å². The van der Waals surface area contributed by atoms with E-state index in [9.17, 15) is 9.59 Å². The summed E-state index contributed by atoms with van der Waals surface area (Å²) in [6.45, 7) is 11.5. The largest absolute Gasteiger partial charge is 0.351 e. The van der Waals surface area contributed by atoms with Gasteiger partial charge in [0.25, 0.3) is 0 Å². The first-order chi connectivity index (χ1) is 13.9. The molecule has 1 saturated heterocycles. The lowest BCUT2D eigenvalue weighted by Crippen LogP contribution is -2.52. The maximum absolute atomic E-state index is 13.5. The molecule has 0 spiro atoms. The summed E-state index contributed by atoms with van der Waals surface area (Å²) >= 11 is 0. The van der Waals surface area contributed by atoms with Crippen molar-refractivity contribution < 1.29 is 9.59 Å². The lowest BCUT2D eigenvalue weighted by atomic mass is 9.72. The second-order valence-electron chi connectivity index (χ2n) is 8.04. The third-order valence-corrected chi connectivity index (χ3v) is 6.13. The molecule has 29 heavy (non-hydrogen) atoms. The van der Waals surface area contributed by atoms with Crippen LogP contribution in [0.15, 0.2) is 55.1 Å². The SMILES string of the molecule is C=CC(=O)N1CCC(C(=O)NCc2c(C)cc(C)cc2C)(c2ccccc2)CC1. The number of piperidine rings is 1. The third-order valence-electron chi connectivity index (χ3n) is 6.13. The molecule has 0 saturated carbocycles. The summed E-state index contributed by atoms with van der Waals surface area (Å²) in [5, 5.41) is 3.20. The van der Waals surface area contributed by atoms with Crippen molar-refractivity contribution in [3.05, 3.63) is 82.9 Å². The molecule has 0 aromatic heterocycles. The van der Waals surface area contributed by atoms with Crippen molar-refractivity contribution in [3.63, 3.8) is 0 Å². The molecule has 0 atom stereocenters. The summed E-state index contributed by atoms with van der Waals surface area (Å²) in [4.78, 5) is 27.3. The van der Waals surface area contributed by atoms with Gasteiger partial charge in [0.05, 0.1) is 5.41 Å². The molecular weight excluding hydrogens is 360 g/mol. The molecule has 152 valence electrons. The lowest BCUT2D eigenvalue weighted by molar-refractivity contribution is -0.134. The number of aryl methyl sites for hydroxylation is 3. The smallest absolute Gasteiger partial charge is 0.245 e. The molecule has 1 fully saturated rings. The molecule has 0 unspecified atom stereocenters. The van der Waals surface area contributed by atoms with Crippen LogP contribution in [-0.4, -0.2) is 29.8 Å². The Hall–Kier alpha value is -2.88. The standard InChI is InChI=1S/C25H30N2O2/c1-5-23(28)27-13-11-25(12-14-27,21-9-7-6-8-10-21)24(29)26-17-22-19(3)15-18(2)16-20(22)4/h5-10,15-16H,1,11-14,17H2,2-4H3,(H,26,29). The molecule has 0 radical (unpaired) electrons. The van der Waals surface area contributed by atoms with Crippen LogP contribution in [0.1, 0.15) is 40.7 Å². The molecule has 1 heterocycles. The second kappa shape index (κ2) is 8.64. The highest BCUT2D eigenvalue weighted by molar-refractivity contribution is 5.90. The molecule has 2 aromatic rings. The summed E-state index contributed by atoms with van der Waals surface area (Å²) in [5.74, 6) is -0.0354. The van der Waals surface area contributed by atoms with E-state index in [4.69, 9.17) is 0 Å². The minimum absolute atomic E-state index is 0.0359. The Morgan fingerprint density at radius 2 is 1.66 bits per heavy atom. The Bertz CT molecular complexity index is 887. The average Bonchev–Trinajstić information content (AvgIpc) is 2.73. The Morgan fingerprint density at radius 3 is 2.21 bits per heavy atom. The Kier molecular flexibility index (Phi) is 6.21. The first kappa shape index (κ1) is 20.8. The predicted octanol–water partition coefficient (Wildman–Crippen LogP) is 3.97. The van der Waals surface area contributed by atoms with E-state index in [0.717, 1.165) is 5.56 Å². The van der Waals surface area contributed by atoms with Gasteiger partial charge in [-0.1, -0.05) is 54.6 Å². The number of hydrogen-bond donors (Lipinski definition) is 1. The zero-order valence-electron chi connectivity index (χ0n) is 17.6. The highest BCUT2D eigenvalue weighted by atomic mass is 16.2. The normalized spacial score (nSPS) is 15.6. The number of carbonyl (C=O) groups is 2. The summed E-state index contributed by atoms with van der Waals surface area (Å²) in [6.07, 6.45) is 2.56. The number of rotatable bonds is 5. The quantitative estimate of drug-likeness (QED) is 0.785. The van der Waals surface area contributed by atoms with Crippen molar-refractivity contribution in [2.45, 2.75) is 45.6 Å². The number of hydrogen-bond acceptors (Lipinski definition) is 2. The molecule has 1 aliphatic heterocycles. The summed E-state index contributed by atoms with van der Waals surface area (Å²) in [7, 11) is 0. The van der Waals surface area contributed by atoms with Crippen LogP contribution in [0.4, 0.5) is 0 Å². The van der Waals surface area contributed by atoms with Crippen LogP contribution in [0.2, 0.25) is 0 Å². The number of nitrogens with zero attached hydrogens (tertiary/aromatic N) is 1. The van der Waals surface area contributed by atoms with Crippen LogP contribution >= 0.6 is 0 Å². The van der Waals surface area contributed by atoms with Crippen molar-refractivity contribution in [3.8, 4) is 0 Å². The van der Waals surface area contributed by atoms with Crippen LogP contribution in [0.3, 0.4) is 0 Å². The summed E-state index contributed by atoms with van der Waals surface area (Å²) in [5.41, 5.74) is 5.19. The number of carbonyl (C=O) groups excluding carboxylic acids is 2. The van der Waals surface area contributed by atoms with Crippen LogP contribution in [0.5, 0.6) is 0 Å². The molecule has 0 aliphatic carbocycles. The van der Waals surface area contributed by atoms with E-state index < -0.39 is 5.41 Å². The number of amides is 2. The molecule has 3 rings (SSSR count). The Labute approximate surface area is 173 Å². The Balaban J connectivity index is 1.83.